The normalized spacial score (nSPS) is 16.8. The minimum absolute atomic E-state index is 0.0886. The molecule has 0 radical (unpaired) electrons. The summed E-state index contributed by atoms with van der Waals surface area (Å²) in [5.74, 6) is 1.54. The van der Waals surface area contributed by atoms with Gasteiger partial charge in [-0.2, -0.15) is 0 Å². The Hall–Kier alpha value is -2.56. The third kappa shape index (κ3) is 3.76. The molecule has 0 bridgehead atoms. The van der Waals surface area contributed by atoms with Gasteiger partial charge in [0.1, 0.15) is 0 Å². The minimum atomic E-state index is 0.0886. The molecule has 1 aromatic carbocycles. The van der Waals surface area contributed by atoms with Gasteiger partial charge in [0.15, 0.2) is 11.5 Å². The molecule has 5 nitrogen and oxygen atoms in total. The van der Waals surface area contributed by atoms with Crippen LogP contribution in [0, 0.1) is 6.92 Å². The van der Waals surface area contributed by atoms with Crippen LogP contribution in [0.4, 0.5) is 0 Å². The first-order valence-electron chi connectivity index (χ1n) is 8.55. The van der Waals surface area contributed by atoms with Gasteiger partial charge in [-0.15, -0.1) is 0 Å². The summed E-state index contributed by atoms with van der Waals surface area (Å²) in [5.41, 5.74) is 3.00. The van der Waals surface area contributed by atoms with Crippen LogP contribution in [0.3, 0.4) is 0 Å². The Morgan fingerprint density at radius 2 is 2.00 bits per heavy atom. The molecular weight excluding hydrogens is 316 g/mol. The average Bonchev–Trinajstić information content (AvgIpc) is 3.13. The van der Waals surface area contributed by atoms with Crippen LogP contribution < -0.4 is 9.47 Å². The lowest BCUT2D eigenvalue weighted by Gasteiger charge is -2.26. The Morgan fingerprint density at radius 1 is 1.20 bits per heavy atom. The third-order valence-corrected chi connectivity index (χ3v) is 4.69. The predicted octanol–water partition coefficient (Wildman–Crippen LogP) is 3.31. The Balaban J connectivity index is 1.77. The molecule has 1 unspecified atom stereocenters. The number of likely N-dealkylation sites (tertiary alicyclic amines) is 1. The fraction of sp³-hybridized carbons (Fsp3) is 0.400. The standard InChI is InChI=1S/C20H24N2O3/c1-14-6-7-15(13-21-14)11-20(23)22-10-4-5-17(22)16-8-9-18(24-2)19(12-16)25-3/h6-9,12-13,17H,4-5,10-11H2,1-3H3. The molecule has 2 aromatic rings. The molecule has 0 spiro atoms. The number of benzene rings is 1. The summed E-state index contributed by atoms with van der Waals surface area (Å²) in [4.78, 5) is 19.1. The number of rotatable bonds is 5. The number of aryl methyl sites for hydroxylation is 1. The van der Waals surface area contributed by atoms with E-state index in [0.29, 0.717) is 17.9 Å². The molecular formula is C20H24N2O3. The Labute approximate surface area is 148 Å². The van der Waals surface area contributed by atoms with Crippen LogP contribution in [0.1, 0.15) is 35.7 Å². The molecule has 0 saturated carbocycles. The van der Waals surface area contributed by atoms with E-state index in [4.69, 9.17) is 9.47 Å². The summed E-state index contributed by atoms with van der Waals surface area (Å²) in [6.45, 7) is 2.73. The Morgan fingerprint density at radius 3 is 2.68 bits per heavy atom. The van der Waals surface area contributed by atoms with Crippen LogP contribution in [0.25, 0.3) is 0 Å². The lowest BCUT2D eigenvalue weighted by atomic mass is 10.0. The summed E-state index contributed by atoms with van der Waals surface area (Å²) >= 11 is 0. The molecule has 2 heterocycles. The fourth-order valence-corrected chi connectivity index (χ4v) is 3.35. The van der Waals surface area contributed by atoms with E-state index in [0.717, 1.165) is 36.2 Å². The maximum Gasteiger partial charge on any atom is 0.227 e. The molecule has 1 saturated heterocycles. The predicted molar refractivity (Wildman–Crippen MR) is 95.9 cm³/mol. The van der Waals surface area contributed by atoms with Gasteiger partial charge in [-0.1, -0.05) is 12.1 Å². The average molecular weight is 340 g/mol. The van der Waals surface area contributed by atoms with E-state index in [2.05, 4.69) is 4.98 Å². The number of pyridine rings is 1. The molecule has 1 aromatic heterocycles. The maximum absolute atomic E-state index is 12.8. The van der Waals surface area contributed by atoms with Crippen LogP contribution in [0.5, 0.6) is 11.5 Å². The third-order valence-electron chi connectivity index (χ3n) is 4.69. The van der Waals surface area contributed by atoms with Gasteiger partial charge in [-0.25, -0.2) is 0 Å². The number of hydrogen-bond acceptors (Lipinski definition) is 4. The topological polar surface area (TPSA) is 51.7 Å². The quantitative estimate of drug-likeness (QED) is 0.838. The first-order chi connectivity index (χ1) is 12.1. The molecule has 5 heteroatoms. The van der Waals surface area contributed by atoms with Crippen molar-refractivity contribution >= 4 is 5.91 Å². The van der Waals surface area contributed by atoms with Crippen molar-refractivity contribution in [2.75, 3.05) is 20.8 Å². The van der Waals surface area contributed by atoms with Gasteiger partial charge in [0.05, 0.1) is 26.7 Å². The largest absolute Gasteiger partial charge is 0.493 e. The second kappa shape index (κ2) is 7.55. The summed E-state index contributed by atoms with van der Waals surface area (Å²) in [7, 11) is 3.25. The first-order valence-corrected chi connectivity index (χ1v) is 8.55. The van der Waals surface area contributed by atoms with Gasteiger partial charge in [0, 0.05) is 18.4 Å². The van der Waals surface area contributed by atoms with E-state index in [1.54, 1.807) is 20.4 Å². The number of carbonyl (C=O) groups excluding carboxylic acids is 1. The van der Waals surface area contributed by atoms with Crippen molar-refractivity contribution in [1.29, 1.82) is 0 Å². The summed E-state index contributed by atoms with van der Waals surface area (Å²) in [6.07, 6.45) is 4.15. The van der Waals surface area contributed by atoms with E-state index >= 15 is 0 Å². The number of ether oxygens (including phenoxy) is 2. The Bertz CT molecular complexity index is 743. The first kappa shape index (κ1) is 17.3. The van der Waals surface area contributed by atoms with E-state index in [9.17, 15) is 4.79 Å². The number of carbonyl (C=O) groups is 1. The molecule has 1 amide bonds. The molecule has 3 rings (SSSR count). The number of aromatic nitrogens is 1. The maximum atomic E-state index is 12.8. The molecule has 25 heavy (non-hydrogen) atoms. The highest BCUT2D eigenvalue weighted by atomic mass is 16.5. The van der Waals surface area contributed by atoms with Crippen molar-refractivity contribution < 1.29 is 14.3 Å². The molecule has 1 aliphatic rings. The van der Waals surface area contributed by atoms with Crippen molar-refractivity contribution in [2.45, 2.75) is 32.2 Å². The van der Waals surface area contributed by atoms with Crippen LogP contribution in [0.2, 0.25) is 0 Å². The summed E-state index contributed by atoms with van der Waals surface area (Å²) < 4.78 is 10.7. The molecule has 132 valence electrons. The zero-order valence-electron chi connectivity index (χ0n) is 15.0. The van der Waals surface area contributed by atoms with Gasteiger partial charge in [-0.05, 0) is 49.1 Å². The van der Waals surface area contributed by atoms with E-state index in [1.807, 2.05) is 42.2 Å². The van der Waals surface area contributed by atoms with Crippen molar-refractivity contribution in [1.82, 2.24) is 9.88 Å². The number of nitrogens with zero attached hydrogens (tertiary/aromatic N) is 2. The van der Waals surface area contributed by atoms with Crippen LogP contribution in [0.15, 0.2) is 36.5 Å². The van der Waals surface area contributed by atoms with Crippen molar-refractivity contribution in [3.63, 3.8) is 0 Å². The molecule has 1 atom stereocenters. The SMILES string of the molecule is COc1ccc(C2CCCN2C(=O)Cc2ccc(C)nc2)cc1OC. The lowest BCUT2D eigenvalue weighted by Crippen LogP contribution is -2.31. The van der Waals surface area contributed by atoms with Gasteiger partial charge in [0.25, 0.3) is 0 Å². The number of hydrogen-bond donors (Lipinski definition) is 0. The lowest BCUT2D eigenvalue weighted by molar-refractivity contribution is -0.131. The zero-order valence-corrected chi connectivity index (χ0v) is 15.0. The van der Waals surface area contributed by atoms with Gasteiger partial charge in [-0.3, -0.25) is 9.78 Å². The summed E-state index contributed by atoms with van der Waals surface area (Å²) in [6, 6.07) is 9.90. The van der Waals surface area contributed by atoms with Gasteiger partial charge >= 0.3 is 0 Å². The van der Waals surface area contributed by atoms with Crippen molar-refractivity contribution in [2.24, 2.45) is 0 Å². The van der Waals surface area contributed by atoms with Crippen LogP contribution in [-0.4, -0.2) is 36.6 Å². The molecule has 0 N–H and O–H groups in total. The number of amides is 1. The van der Waals surface area contributed by atoms with Crippen molar-refractivity contribution in [3.8, 4) is 11.5 Å². The van der Waals surface area contributed by atoms with Gasteiger partial charge in [0.2, 0.25) is 5.91 Å². The smallest absolute Gasteiger partial charge is 0.227 e. The van der Waals surface area contributed by atoms with Crippen molar-refractivity contribution in [3.05, 3.63) is 53.3 Å². The van der Waals surface area contributed by atoms with E-state index in [1.165, 1.54) is 0 Å². The van der Waals surface area contributed by atoms with E-state index in [-0.39, 0.29) is 11.9 Å². The Kier molecular flexibility index (Phi) is 5.22. The van der Waals surface area contributed by atoms with Crippen LogP contribution in [-0.2, 0) is 11.2 Å². The second-order valence-corrected chi connectivity index (χ2v) is 6.34. The zero-order chi connectivity index (χ0) is 17.8. The minimum Gasteiger partial charge on any atom is -0.493 e. The second-order valence-electron chi connectivity index (χ2n) is 6.34. The van der Waals surface area contributed by atoms with Gasteiger partial charge < -0.3 is 14.4 Å². The number of methoxy groups -OCH3 is 2. The van der Waals surface area contributed by atoms with E-state index < -0.39 is 0 Å². The molecule has 1 fully saturated rings. The monoisotopic (exact) mass is 340 g/mol. The highest BCUT2D eigenvalue weighted by molar-refractivity contribution is 5.79. The highest BCUT2D eigenvalue weighted by Crippen LogP contribution is 2.37. The fourth-order valence-electron chi connectivity index (χ4n) is 3.35. The molecule has 0 aliphatic carbocycles. The molecule has 1 aliphatic heterocycles. The van der Waals surface area contributed by atoms with Crippen LogP contribution >= 0.6 is 0 Å². The highest BCUT2D eigenvalue weighted by Gasteiger charge is 2.30. The summed E-state index contributed by atoms with van der Waals surface area (Å²) in [5, 5.41) is 0.